The zero-order chi connectivity index (χ0) is 13.8. The van der Waals surface area contributed by atoms with Crippen molar-refractivity contribution in [1.29, 1.82) is 0 Å². The lowest BCUT2D eigenvalue weighted by molar-refractivity contribution is 0.151. The van der Waals surface area contributed by atoms with Crippen LogP contribution in [0.15, 0.2) is 56.7 Å². The van der Waals surface area contributed by atoms with E-state index < -0.39 is 6.43 Å². The Labute approximate surface area is 123 Å². The van der Waals surface area contributed by atoms with E-state index in [0.717, 1.165) is 15.5 Å². The third kappa shape index (κ3) is 3.70. The summed E-state index contributed by atoms with van der Waals surface area (Å²) < 4.78 is 30.9. The smallest absolute Gasteiger partial charge is 0.263 e. The highest BCUT2D eigenvalue weighted by molar-refractivity contribution is 9.10. The van der Waals surface area contributed by atoms with Gasteiger partial charge in [0.1, 0.15) is 5.75 Å². The van der Waals surface area contributed by atoms with Crippen LogP contribution < -0.4 is 4.74 Å². The molecule has 0 saturated heterocycles. The molecule has 0 aromatic heterocycles. The van der Waals surface area contributed by atoms with Gasteiger partial charge in [-0.2, -0.15) is 0 Å². The summed E-state index contributed by atoms with van der Waals surface area (Å²) in [6.07, 6.45) is -2.45. The molecule has 2 rings (SSSR count). The van der Waals surface area contributed by atoms with Crippen molar-refractivity contribution in [3.8, 4) is 5.75 Å². The van der Waals surface area contributed by atoms with Gasteiger partial charge in [-0.05, 0) is 52.3 Å². The molecule has 0 unspecified atom stereocenters. The Morgan fingerprint density at radius 2 is 1.79 bits per heavy atom. The van der Waals surface area contributed by atoms with Gasteiger partial charge in [-0.15, -0.1) is 0 Å². The molecule has 0 fully saturated rings. The maximum atomic E-state index is 12.5. The Morgan fingerprint density at radius 1 is 1.11 bits per heavy atom. The molecule has 0 amide bonds. The number of halogens is 3. The molecule has 0 N–H and O–H groups in total. The molecule has 0 aliphatic heterocycles. The van der Waals surface area contributed by atoms with E-state index in [1.165, 1.54) is 23.9 Å². The van der Waals surface area contributed by atoms with Crippen molar-refractivity contribution in [2.75, 3.05) is 7.11 Å². The fourth-order valence-corrected chi connectivity index (χ4v) is 2.96. The molecule has 0 aliphatic rings. The minimum Gasteiger partial charge on any atom is -0.497 e. The Morgan fingerprint density at radius 3 is 2.32 bits per heavy atom. The molecule has 0 spiro atoms. The number of alkyl halides is 2. The van der Waals surface area contributed by atoms with Gasteiger partial charge in [-0.1, -0.05) is 17.8 Å². The summed E-state index contributed by atoms with van der Waals surface area (Å²) in [5.74, 6) is 0.788. The standard InChI is InChI=1S/C14H11BrF2OS/c1-18-10-3-5-11(6-4-10)19-13-7-2-9(14(16)17)8-12(13)15/h2-8,14H,1H3. The van der Waals surface area contributed by atoms with Crippen molar-refractivity contribution >= 4 is 27.7 Å². The first-order valence-electron chi connectivity index (χ1n) is 5.49. The van der Waals surface area contributed by atoms with Crippen molar-refractivity contribution in [3.05, 3.63) is 52.5 Å². The SMILES string of the molecule is COc1ccc(Sc2ccc(C(F)F)cc2Br)cc1. The van der Waals surface area contributed by atoms with E-state index in [-0.39, 0.29) is 5.56 Å². The van der Waals surface area contributed by atoms with Crippen LogP contribution in [0.25, 0.3) is 0 Å². The van der Waals surface area contributed by atoms with E-state index in [9.17, 15) is 8.78 Å². The molecule has 0 heterocycles. The van der Waals surface area contributed by atoms with Crippen LogP contribution in [0.2, 0.25) is 0 Å². The average Bonchev–Trinajstić information content (AvgIpc) is 2.41. The van der Waals surface area contributed by atoms with E-state index in [2.05, 4.69) is 15.9 Å². The van der Waals surface area contributed by atoms with Crippen LogP contribution in [0, 0.1) is 0 Å². The molecule has 0 aliphatic carbocycles. The minimum absolute atomic E-state index is 0.0194. The Balaban J connectivity index is 2.18. The van der Waals surface area contributed by atoms with Gasteiger partial charge in [0.05, 0.1) is 7.11 Å². The monoisotopic (exact) mass is 344 g/mol. The largest absolute Gasteiger partial charge is 0.497 e. The van der Waals surface area contributed by atoms with Crippen molar-refractivity contribution in [2.24, 2.45) is 0 Å². The van der Waals surface area contributed by atoms with E-state index in [0.29, 0.717) is 4.47 Å². The summed E-state index contributed by atoms with van der Waals surface area (Å²) in [6.45, 7) is 0. The molecular weight excluding hydrogens is 334 g/mol. The highest BCUT2D eigenvalue weighted by Crippen LogP contribution is 2.36. The lowest BCUT2D eigenvalue weighted by Crippen LogP contribution is -1.85. The lowest BCUT2D eigenvalue weighted by Gasteiger charge is -2.07. The first-order valence-corrected chi connectivity index (χ1v) is 7.10. The molecule has 0 atom stereocenters. The molecular formula is C14H11BrF2OS. The van der Waals surface area contributed by atoms with Gasteiger partial charge in [0.2, 0.25) is 0 Å². The Kier molecular flexibility index (Phi) is 4.82. The van der Waals surface area contributed by atoms with E-state index in [1.807, 2.05) is 24.3 Å². The highest BCUT2D eigenvalue weighted by Gasteiger charge is 2.10. The topological polar surface area (TPSA) is 9.23 Å². The second-order valence-electron chi connectivity index (χ2n) is 3.77. The summed E-state index contributed by atoms with van der Waals surface area (Å²) in [6, 6.07) is 12.2. The molecule has 2 aromatic rings. The summed E-state index contributed by atoms with van der Waals surface area (Å²) in [5.41, 5.74) is 0.0194. The fourth-order valence-electron chi connectivity index (χ4n) is 1.51. The zero-order valence-electron chi connectivity index (χ0n) is 10.1. The number of hydrogen-bond acceptors (Lipinski definition) is 2. The van der Waals surface area contributed by atoms with E-state index >= 15 is 0 Å². The molecule has 5 heteroatoms. The van der Waals surface area contributed by atoms with Gasteiger partial charge in [0.15, 0.2) is 0 Å². The molecule has 0 saturated carbocycles. The molecule has 100 valence electrons. The summed E-state index contributed by atoms with van der Waals surface area (Å²) >= 11 is 4.83. The molecule has 19 heavy (non-hydrogen) atoms. The van der Waals surface area contributed by atoms with Crippen LogP contribution in [0.1, 0.15) is 12.0 Å². The third-order valence-corrected chi connectivity index (χ3v) is 4.50. The van der Waals surface area contributed by atoms with Gasteiger partial charge in [-0.25, -0.2) is 8.78 Å². The first-order chi connectivity index (χ1) is 9.10. The number of hydrogen-bond donors (Lipinski definition) is 0. The van der Waals surface area contributed by atoms with Crippen molar-refractivity contribution in [2.45, 2.75) is 16.2 Å². The highest BCUT2D eigenvalue weighted by atomic mass is 79.9. The zero-order valence-corrected chi connectivity index (χ0v) is 12.5. The molecule has 1 nitrogen and oxygen atoms in total. The van der Waals surface area contributed by atoms with Crippen LogP contribution in [-0.4, -0.2) is 7.11 Å². The maximum absolute atomic E-state index is 12.5. The number of benzene rings is 2. The van der Waals surface area contributed by atoms with Crippen LogP contribution in [-0.2, 0) is 0 Å². The summed E-state index contributed by atoms with van der Waals surface area (Å²) in [4.78, 5) is 1.92. The summed E-state index contributed by atoms with van der Waals surface area (Å²) in [5, 5.41) is 0. The van der Waals surface area contributed by atoms with Crippen molar-refractivity contribution in [1.82, 2.24) is 0 Å². The van der Waals surface area contributed by atoms with Gasteiger partial charge >= 0.3 is 0 Å². The predicted molar refractivity (Wildman–Crippen MR) is 76.2 cm³/mol. The maximum Gasteiger partial charge on any atom is 0.263 e. The van der Waals surface area contributed by atoms with Gasteiger partial charge in [0.25, 0.3) is 6.43 Å². The van der Waals surface area contributed by atoms with E-state index in [1.54, 1.807) is 13.2 Å². The van der Waals surface area contributed by atoms with E-state index in [4.69, 9.17) is 4.74 Å². The summed E-state index contributed by atoms with van der Waals surface area (Å²) in [7, 11) is 1.61. The molecule has 0 bridgehead atoms. The van der Waals surface area contributed by atoms with Crippen LogP contribution >= 0.6 is 27.7 Å². The van der Waals surface area contributed by atoms with Crippen LogP contribution in [0.5, 0.6) is 5.75 Å². The Hall–Kier alpha value is -1.07. The fraction of sp³-hybridized carbons (Fsp3) is 0.143. The lowest BCUT2D eigenvalue weighted by atomic mass is 10.2. The number of methoxy groups -OCH3 is 1. The van der Waals surface area contributed by atoms with Crippen LogP contribution in [0.4, 0.5) is 8.78 Å². The van der Waals surface area contributed by atoms with Gasteiger partial charge < -0.3 is 4.74 Å². The van der Waals surface area contributed by atoms with Gasteiger partial charge in [-0.3, -0.25) is 0 Å². The minimum atomic E-state index is -2.45. The number of rotatable bonds is 4. The second kappa shape index (κ2) is 6.39. The molecule has 2 aromatic carbocycles. The second-order valence-corrected chi connectivity index (χ2v) is 5.74. The quantitative estimate of drug-likeness (QED) is 0.719. The third-order valence-electron chi connectivity index (χ3n) is 2.50. The average molecular weight is 345 g/mol. The van der Waals surface area contributed by atoms with Crippen molar-refractivity contribution < 1.29 is 13.5 Å². The van der Waals surface area contributed by atoms with Gasteiger partial charge in [0, 0.05) is 19.8 Å². The molecule has 0 radical (unpaired) electrons. The Bertz CT molecular complexity index is 558. The van der Waals surface area contributed by atoms with Crippen LogP contribution in [0.3, 0.4) is 0 Å². The normalized spacial score (nSPS) is 10.8. The number of ether oxygens (including phenoxy) is 1. The predicted octanol–water partition coefficient (Wildman–Crippen LogP) is 5.55. The first kappa shape index (κ1) is 14.3. The van der Waals surface area contributed by atoms with Crippen molar-refractivity contribution in [3.63, 3.8) is 0 Å².